The number of hydrogen-bond acceptors (Lipinski definition) is 3. The molecule has 3 nitrogen and oxygen atoms in total. The van der Waals surface area contributed by atoms with Crippen molar-refractivity contribution in [2.24, 2.45) is 10.8 Å². The molecule has 2 aliphatic rings. The fourth-order valence-corrected chi connectivity index (χ4v) is 3.37. The number of hydrogen-bond donors (Lipinski definition) is 0. The number of rotatable bonds is 5. The summed E-state index contributed by atoms with van der Waals surface area (Å²) in [5.41, 5.74) is -0.303. The van der Waals surface area contributed by atoms with Crippen molar-refractivity contribution in [3.05, 3.63) is 12.2 Å². The number of fused-ring (bicyclic) bond motifs is 1. The van der Waals surface area contributed by atoms with Crippen molar-refractivity contribution in [1.29, 1.82) is 0 Å². The summed E-state index contributed by atoms with van der Waals surface area (Å²) < 4.78 is 4.74. The zero-order chi connectivity index (χ0) is 12.5. The van der Waals surface area contributed by atoms with Gasteiger partial charge >= 0.3 is 5.97 Å². The highest BCUT2D eigenvalue weighted by Crippen LogP contribution is 2.75. The van der Waals surface area contributed by atoms with Crippen LogP contribution < -0.4 is 0 Å². The Balaban J connectivity index is 2.08. The van der Waals surface area contributed by atoms with Crippen LogP contribution in [0.15, 0.2) is 12.2 Å². The molecule has 0 radical (unpaired) electrons. The van der Waals surface area contributed by atoms with E-state index in [4.69, 9.17) is 4.74 Å². The Morgan fingerprint density at radius 2 is 2.24 bits per heavy atom. The number of methoxy groups -OCH3 is 1. The molecule has 0 amide bonds. The quantitative estimate of drug-likeness (QED) is 0.544. The number of ether oxygens (including phenoxy) is 1. The number of carbonyl (C=O) groups excluding carboxylic acids is 2. The van der Waals surface area contributed by atoms with Gasteiger partial charge in [0.25, 0.3) is 0 Å². The lowest BCUT2D eigenvalue weighted by molar-refractivity contribution is -0.142. The first-order chi connectivity index (χ1) is 8.10. The molecular weight excluding hydrogens is 216 g/mol. The Bertz CT molecular complexity index is 372. The Kier molecular flexibility index (Phi) is 3.11. The molecule has 0 bridgehead atoms. The van der Waals surface area contributed by atoms with Crippen molar-refractivity contribution in [2.45, 2.75) is 45.4 Å². The van der Waals surface area contributed by atoms with Crippen LogP contribution in [0.2, 0.25) is 0 Å². The molecule has 0 aromatic heterocycles. The van der Waals surface area contributed by atoms with E-state index in [1.807, 2.05) is 0 Å². The summed E-state index contributed by atoms with van der Waals surface area (Å²) >= 11 is 0. The van der Waals surface area contributed by atoms with Crippen LogP contribution in [0.3, 0.4) is 0 Å². The lowest BCUT2D eigenvalue weighted by Crippen LogP contribution is -2.18. The highest BCUT2D eigenvalue weighted by atomic mass is 16.5. The molecule has 0 spiro atoms. The zero-order valence-electron chi connectivity index (χ0n) is 10.6. The average Bonchev–Trinajstić information content (AvgIpc) is 2.88. The standard InChI is InChI=1S/C14H20O3/c1-3-4-5-7-14-10-13(14,8-6-11(14)15)9-12(16)17-2/h4-5H,3,6-10H2,1-2H3/b5-4-/t13-,14+/m0/s1. The van der Waals surface area contributed by atoms with Gasteiger partial charge in [0.05, 0.1) is 13.5 Å². The second-order valence-electron chi connectivity index (χ2n) is 5.30. The lowest BCUT2D eigenvalue weighted by Gasteiger charge is -2.14. The highest BCUT2D eigenvalue weighted by molar-refractivity contribution is 5.93. The molecule has 17 heavy (non-hydrogen) atoms. The van der Waals surface area contributed by atoms with Gasteiger partial charge in [-0.2, -0.15) is 0 Å². The molecule has 0 saturated heterocycles. The molecule has 94 valence electrons. The number of esters is 1. The summed E-state index contributed by atoms with van der Waals surface area (Å²) in [7, 11) is 1.41. The van der Waals surface area contributed by atoms with Crippen LogP contribution >= 0.6 is 0 Å². The largest absolute Gasteiger partial charge is 0.469 e. The van der Waals surface area contributed by atoms with Gasteiger partial charge in [0, 0.05) is 11.8 Å². The van der Waals surface area contributed by atoms with Gasteiger partial charge < -0.3 is 4.74 Å². The van der Waals surface area contributed by atoms with Crippen molar-refractivity contribution in [3.63, 3.8) is 0 Å². The minimum Gasteiger partial charge on any atom is -0.469 e. The van der Waals surface area contributed by atoms with Gasteiger partial charge in [-0.05, 0) is 31.1 Å². The molecule has 2 fully saturated rings. The summed E-state index contributed by atoms with van der Waals surface area (Å²) in [4.78, 5) is 23.4. The van der Waals surface area contributed by atoms with Crippen molar-refractivity contribution >= 4 is 11.8 Å². The first kappa shape index (κ1) is 12.3. The highest BCUT2D eigenvalue weighted by Gasteiger charge is 2.73. The maximum absolute atomic E-state index is 12.0. The Hall–Kier alpha value is -1.12. The monoisotopic (exact) mass is 236 g/mol. The van der Waals surface area contributed by atoms with E-state index in [9.17, 15) is 9.59 Å². The molecule has 0 heterocycles. The molecule has 0 aliphatic heterocycles. The summed E-state index contributed by atoms with van der Waals surface area (Å²) in [6.45, 7) is 2.08. The summed E-state index contributed by atoms with van der Waals surface area (Å²) in [6.07, 6.45) is 8.78. The topological polar surface area (TPSA) is 43.4 Å². The van der Waals surface area contributed by atoms with Gasteiger partial charge in [0.15, 0.2) is 0 Å². The van der Waals surface area contributed by atoms with Gasteiger partial charge in [-0.3, -0.25) is 9.59 Å². The van der Waals surface area contributed by atoms with E-state index in [1.165, 1.54) is 7.11 Å². The Morgan fingerprint density at radius 1 is 1.47 bits per heavy atom. The molecule has 0 N–H and O–H groups in total. The van der Waals surface area contributed by atoms with Crippen LogP contribution in [-0.4, -0.2) is 18.9 Å². The molecule has 2 aliphatic carbocycles. The Morgan fingerprint density at radius 3 is 2.88 bits per heavy atom. The van der Waals surface area contributed by atoms with E-state index < -0.39 is 0 Å². The van der Waals surface area contributed by atoms with Crippen LogP contribution in [0.5, 0.6) is 0 Å². The molecule has 0 aromatic rings. The van der Waals surface area contributed by atoms with E-state index in [-0.39, 0.29) is 16.8 Å². The van der Waals surface area contributed by atoms with E-state index in [2.05, 4.69) is 19.1 Å². The van der Waals surface area contributed by atoms with E-state index in [0.29, 0.717) is 18.6 Å². The predicted octanol–water partition coefficient (Wildman–Crippen LogP) is 2.65. The fraction of sp³-hybridized carbons (Fsp3) is 0.714. The summed E-state index contributed by atoms with van der Waals surface area (Å²) in [6, 6.07) is 0. The molecule has 0 aromatic carbocycles. The molecule has 0 unspecified atom stereocenters. The van der Waals surface area contributed by atoms with Gasteiger partial charge in [0.1, 0.15) is 5.78 Å². The SMILES string of the molecule is CC/C=C\C[C@]12C[C@@]1(CC(=O)OC)CCC2=O. The predicted molar refractivity (Wildman–Crippen MR) is 64.4 cm³/mol. The van der Waals surface area contributed by atoms with Crippen molar-refractivity contribution < 1.29 is 14.3 Å². The van der Waals surface area contributed by atoms with Crippen LogP contribution in [-0.2, 0) is 14.3 Å². The molecule has 3 heteroatoms. The van der Waals surface area contributed by atoms with Gasteiger partial charge in [-0.25, -0.2) is 0 Å². The second kappa shape index (κ2) is 4.28. The molecule has 2 rings (SSSR count). The average molecular weight is 236 g/mol. The van der Waals surface area contributed by atoms with Crippen molar-refractivity contribution in [1.82, 2.24) is 0 Å². The van der Waals surface area contributed by atoms with Gasteiger partial charge in [-0.1, -0.05) is 19.1 Å². The third-order valence-electron chi connectivity index (χ3n) is 4.47. The zero-order valence-corrected chi connectivity index (χ0v) is 10.6. The Labute approximate surface area is 102 Å². The maximum atomic E-state index is 12.0. The van der Waals surface area contributed by atoms with E-state index in [0.717, 1.165) is 25.7 Å². The second-order valence-corrected chi connectivity index (χ2v) is 5.30. The minimum atomic E-state index is -0.229. The van der Waals surface area contributed by atoms with Crippen LogP contribution in [0, 0.1) is 10.8 Å². The maximum Gasteiger partial charge on any atom is 0.306 e. The third-order valence-corrected chi connectivity index (χ3v) is 4.47. The fourth-order valence-electron chi connectivity index (χ4n) is 3.37. The lowest BCUT2D eigenvalue weighted by atomic mass is 9.89. The first-order valence-corrected chi connectivity index (χ1v) is 6.35. The summed E-state index contributed by atoms with van der Waals surface area (Å²) in [5.74, 6) is 0.170. The number of ketones is 1. The smallest absolute Gasteiger partial charge is 0.306 e. The van der Waals surface area contributed by atoms with E-state index in [1.54, 1.807) is 0 Å². The van der Waals surface area contributed by atoms with E-state index >= 15 is 0 Å². The van der Waals surface area contributed by atoms with Crippen LogP contribution in [0.4, 0.5) is 0 Å². The van der Waals surface area contributed by atoms with Crippen LogP contribution in [0.25, 0.3) is 0 Å². The molecule has 2 saturated carbocycles. The minimum absolute atomic E-state index is 0.0741. The van der Waals surface area contributed by atoms with Gasteiger partial charge in [-0.15, -0.1) is 0 Å². The third kappa shape index (κ3) is 1.81. The normalized spacial score (nSPS) is 35.1. The summed E-state index contributed by atoms with van der Waals surface area (Å²) in [5, 5.41) is 0. The molecular formula is C14H20O3. The van der Waals surface area contributed by atoms with Gasteiger partial charge in [0.2, 0.25) is 0 Å². The number of allylic oxidation sites excluding steroid dienone is 2. The van der Waals surface area contributed by atoms with Crippen molar-refractivity contribution in [3.8, 4) is 0 Å². The van der Waals surface area contributed by atoms with Crippen LogP contribution in [0.1, 0.15) is 45.4 Å². The molecule has 2 atom stereocenters. The number of Topliss-reactive ketones (excluding diaryl/α,β-unsaturated/α-hetero) is 1. The van der Waals surface area contributed by atoms with Crippen molar-refractivity contribution in [2.75, 3.05) is 7.11 Å². The first-order valence-electron chi connectivity index (χ1n) is 6.35. The number of carbonyl (C=O) groups is 2.